The number of hydrogen-bond donors (Lipinski definition) is 3. The van der Waals surface area contributed by atoms with Crippen molar-refractivity contribution in [3.05, 3.63) is 70.1 Å². The second-order valence-electron chi connectivity index (χ2n) is 9.05. The van der Waals surface area contributed by atoms with Gasteiger partial charge in [0.15, 0.2) is 0 Å². The van der Waals surface area contributed by atoms with E-state index in [9.17, 15) is 28.2 Å². The predicted octanol–water partition coefficient (Wildman–Crippen LogP) is 2.83. The molecule has 2 aromatic carbocycles. The molecule has 0 aromatic heterocycles. The number of carboxylic acid groups (broad SMARTS) is 1. The van der Waals surface area contributed by atoms with Gasteiger partial charge >= 0.3 is 5.97 Å². The number of hydrogen-bond acceptors (Lipinski definition) is 8. The summed E-state index contributed by atoms with van der Waals surface area (Å²) >= 11 is 0. The summed E-state index contributed by atoms with van der Waals surface area (Å²) in [4.78, 5) is 26.7. The fourth-order valence-electron chi connectivity index (χ4n) is 3.29. The third-order valence-corrected chi connectivity index (χ3v) is 6.86. The molecule has 0 saturated carbocycles. The Morgan fingerprint density at radius 2 is 1.71 bits per heavy atom. The van der Waals surface area contributed by atoms with E-state index >= 15 is 0 Å². The molecule has 2 aromatic rings. The summed E-state index contributed by atoms with van der Waals surface area (Å²) in [6.07, 6.45) is -0.0214. The smallest absolute Gasteiger partial charge is 0.326 e. The molecule has 206 valence electrons. The molecular formula is C25H32N4O8S. The molecule has 3 atom stereocenters. The van der Waals surface area contributed by atoms with Gasteiger partial charge in [-0.15, -0.1) is 0 Å². The van der Waals surface area contributed by atoms with Gasteiger partial charge in [0.1, 0.15) is 17.8 Å². The number of aliphatic hydroxyl groups excluding tert-OH is 1. The number of carboxylic acids is 1. The Balaban J connectivity index is 1.93. The van der Waals surface area contributed by atoms with E-state index in [0.717, 1.165) is 5.56 Å². The maximum Gasteiger partial charge on any atom is 0.326 e. The number of ether oxygens (including phenoxy) is 1. The van der Waals surface area contributed by atoms with Crippen LogP contribution in [0.25, 0.3) is 10.4 Å². The summed E-state index contributed by atoms with van der Waals surface area (Å²) in [5.74, 6) is -2.44. The minimum Gasteiger partial charge on any atom is -0.493 e. The van der Waals surface area contributed by atoms with Crippen LogP contribution in [0.1, 0.15) is 25.0 Å². The number of aliphatic carboxylic acids is 1. The molecule has 0 heterocycles. The van der Waals surface area contributed by atoms with E-state index in [0.29, 0.717) is 11.3 Å². The number of nitrogens with zero attached hydrogens (tertiary/aromatic N) is 3. The van der Waals surface area contributed by atoms with E-state index in [1.807, 2.05) is 6.92 Å². The first kappa shape index (κ1) is 30.6. The predicted molar refractivity (Wildman–Crippen MR) is 138 cm³/mol. The first-order chi connectivity index (χ1) is 18.0. The average molecular weight is 549 g/mol. The van der Waals surface area contributed by atoms with Gasteiger partial charge in [0.05, 0.1) is 24.7 Å². The van der Waals surface area contributed by atoms with E-state index in [1.54, 1.807) is 50.2 Å². The van der Waals surface area contributed by atoms with Crippen LogP contribution < -0.4 is 10.1 Å². The molecule has 0 aliphatic carbocycles. The van der Waals surface area contributed by atoms with Crippen LogP contribution in [0.5, 0.6) is 5.75 Å². The molecule has 13 heteroatoms. The molecule has 1 amide bonds. The van der Waals surface area contributed by atoms with E-state index in [-0.39, 0.29) is 37.1 Å². The van der Waals surface area contributed by atoms with Gasteiger partial charge in [-0.25, -0.2) is 4.79 Å². The molecule has 38 heavy (non-hydrogen) atoms. The fourth-order valence-corrected chi connectivity index (χ4v) is 4.26. The van der Waals surface area contributed by atoms with Crippen molar-refractivity contribution < 1.29 is 37.1 Å². The quantitative estimate of drug-likeness (QED) is 0.131. The zero-order valence-corrected chi connectivity index (χ0v) is 22.2. The minimum atomic E-state index is -3.98. The van der Waals surface area contributed by atoms with E-state index in [2.05, 4.69) is 15.3 Å². The first-order valence-electron chi connectivity index (χ1n) is 11.8. The Labute approximate surface area is 221 Å². The summed E-state index contributed by atoms with van der Waals surface area (Å²) in [6.45, 7) is 4.53. The summed E-state index contributed by atoms with van der Waals surface area (Å²) in [5.41, 5.74) is 10.2. The molecule has 0 radical (unpaired) electrons. The molecule has 2 unspecified atom stereocenters. The van der Waals surface area contributed by atoms with Gasteiger partial charge in [-0.3, -0.25) is 8.98 Å². The number of amides is 1. The zero-order valence-electron chi connectivity index (χ0n) is 21.4. The number of aliphatic hydroxyl groups is 1. The average Bonchev–Trinajstić information content (AvgIpc) is 2.87. The number of carbonyl (C=O) groups is 2. The molecule has 2 rings (SSSR count). The molecule has 0 aliphatic heterocycles. The van der Waals surface area contributed by atoms with Gasteiger partial charge in [-0.1, -0.05) is 48.8 Å². The molecule has 12 nitrogen and oxygen atoms in total. The van der Waals surface area contributed by atoms with Crippen LogP contribution in [-0.4, -0.2) is 62.4 Å². The van der Waals surface area contributed by atoms with Gasteiger partial charge < -0.3 is 20.3 Å². The van der Waals surface area contributed by atoms with Gasteiger partial charge in [-0.05, 0) is 48.2 Å². The van der Waals surface area contributed by atoms with Crippen molar-refractivity contribution in [1.29, 1.82) is 0 Å². The first-order valence-corrected chi connectivity index (χ1v) is 13.2. The van der Waals surface area contributed by atoms with Crippen molar-refractivity contribution in [2.45, 2.75) is 44.2 Å². The summed E-state index contributed by atoms with van der Waals surface area (Å²) in [6, 6.07) is 10.4. The highest BCUT2D eigenvalue weighted by Gasteiger charge is 2.27. The molecule has 0 aliphatic rings. The highest BCUT2D eigenvalue weighted by molar-refractivity contribution is 7.86. The Morgan fingerprint density at radius 3 is 2.24 bits per heavy atom. The number of rotatable bonds is 15. The Kier molecular flexibility index (Phi) is 11.5. The standard InChI is InChI=1S/C25H32N4O8S/c1-16(2)23(28-29-26)24(31)27-22(25(32)33)12-18-6-8-20(9-7-18)36-14-19(13-30)15-37-38(34,35)21-10-4-17(3)5-11-21/h4-11,16,19,22-23,30H,12-15H2,1-3H3,(H,27,31)(H,32,33)/t19?,22?,23-/m0/s1. The Bertz CT molecular complexity index is 1230. The van der Waals surface area contributed by atoms with Crippen LogP contribution in [0.4, 0.5) is 0 Å². The maximum atomic E-state index is 12.4. The topological polar surface area (TPSA) is 188 Å². The van der Waals surface area contributed by atoms with Crippen molar-refractivity contribution in [3.8, 4) is 5.75 Å². The van der Waals surface area contributed by atoms with Crippen molar-refractivity contribution in [3.63, 3.8) is 0 Å². The Hall–Kier alpha value is -3.64. The van der Waals surface area contributed by atoms with Crippen molar-refractivity contribution in [2.24, 2.45) is 17.0 Å². The number of aryl methyl sites for hydroxylation is 1. The minimum absolute atomic E-state index is 0.0182. The summed E-state index contributed by atoms with van der Waals surface area (Å²) in [7, 11) is -3.98. The number of nitrogens with one attached hydrogen (secondary N) is 1. The van der Waals surface area contributed by atoms with E-state index < -0.39 is 40.0 Å². The van der Waals surface area contributed by atoms with Gasteiger partial charge in [0.25, 0.3) is 10.1 Å². The lowest BCUT2D eigenvalue weighted by Gasteiger charge is -2.20. The third kappa shape index (κ3) is 9.34. The molecular weight excluding hydrogens is 516 g/mol. The van der Waals surface area contributed by atoms with Gasteiger partial charge in [0.2, 0.25) is 5.91 Å². The number of azide groups is 1. The highest BCUT2D eigenvalue weighted by atomic mass is 32.2. The lowest BCUT2D eigenvalue weighted by atomic mass is 10.0. The molecule has 3 N–H and O–H groups in total. The fraction of sp³-hybridized carbons (Fsp3) is 0.440. The second-order valence-corrected chi connectivity index (χ2v) is 10.7. The van der Waals surface area contributed by atoms with E-state index in [1.165, 1.54) is 12.1 Å². The van der Waals surface area contributed by atoms with Crippen LogP contribution in [0.3, 0.4) is 0 Å². The lowest BCUT2D eigenvalue weighted by molar-refractivity contribution is -0.142. The molecule has 0 saturated heterocycles. The SMILES string of the molecule is Cc1ccc(S(=O)(=O)OCC(CO)COc2ccc(CC(NC(=O)[C@@H](N=[N+]=[N-])C(C)C)C(=O)O)cc2)cc1. The largest absolute Gasteiger partial charge is 0.493 e. The molecule has 0 spiro atoms. The van der Waals surface area contributed by atoms with E-state index in [4.69, 9.17) is 14.5 Å². The van der Waals surface area contributed by atoms with Crippen LogP contribution in [0, 0.1) is 18.8 Å². The monoisotopic (exact) mass is 548 g/mol. The summed E-state index contributed by atoms with van der Waals surface area (Å²) < 4.78 is 35.4. The Morgan fingerprint density at radius 1 is 1.08 bits per heavy atom. The van der Waals surface area contributed by atoms with Crippen molar-refractivity contribution >= 4 is 22.0 Å². The third-order valence-electron chi connectivity index (χ3n) is 5.57. The van der Waals surface area contributed by atoms with Crippen molar-refractivity contribution in [1.82, 2.24) is 5.32 Å². The lowest BCUT2D eigenvalue weighted by Crippen LogP contribution is -2.47. The number of benzene rings is 2. The van der Waals surface area contributed by atoms with Gasteiger partial charge in [0, 0.05) is 17.3 Å². The zero-order chi connectivity index (χ0) is 28.3. The van der Waals surface area contributed by atoms with Crippen LogP contribution in [-0.2, 0) is 30.3 Å². The van der Waals surface area contributed by atoms with Crippen molar-refractivity contribution in [2.75, 3.05) is 19.8 Å². The summed E-state index contributed by atoms with van der Waals surface area (Å²) in [5, 5.41) is 25.0. The maximum absolute atomic E-state index is 12.4. The number of carbonyl (C=O) groups excluding carboxylic acids is 1. The molecule has 0 bridgehead atoms. The van der Waals surface area contributed by atoms with Crippen LogP contribution in [0.15, 0.2) is 58.5 Å². The molecule has 0 fully saturated rings. The normalized spacial score (nSPS) is 13.7. The second kappa shape index (κ2) is 14.3. The van der Waals surface area contributed by atoms with Crippen LogP contribution in [0.2, 0.25) is 0 Å². The van der Waals surface area contributed by atoms with Gasteiger partial charge in [-0.2, -0.15) is 8.42 Å². The highest BCUT2D eigenvalue weighted by Crippen LogP contribution is 2.17. The van der Waals surface area contributed by atoms with Crippen LogP contribution >= 0.6 is 0 Å².